The average Bonchev–Trinajstić information content (AvgIpc) is 2.32. The quantitative estimate of drug-likeness (QED) is 0.598. The van der Waals surface area contributed by atoms with Gasteiger partial charge in [-0.15, -0.1) is 0 Å². The topological polar surface area (TPSA) is 53.1 Å². The van der Waals surface area contributed by atoms with E-state index in [4.69, 9.17) is 11.6 Å². The molecule has 4 heteroatoms. The molecule has 0 aromatic heterocycles. The van der Waals surface area contributed by atoms with Crippen LogP contribution in [0, 0.1) is 0 Å². The fourth-order valence-electron chi connectivity index (χ4n) is 1.90. The summed E-state index contributed by atoms with van der Waals surface area (Å²) in [4.78, 5) is 14.9. The summed E-state index contributed by atoms with van der Waals surface area (Å²) in [6, 6.07) is 10.2. The first-order chi connectivity index (χ1) is 8.15. The number of pyridine rings is 1. The first-order valence-electron chi connectivity index (χ1n) is 5.09. The Morgan fingerprint density at radius 1 is 1.12 bits per heavy atom. The molecule has 0 saturated carbocycles. The van der Waals surface area contributed by atoms with E-state index in [-0.39, 0.29) is 11.2 Å². The zero-order valence-corrected chi connectivity index (χ0v) is 9.45. The lowest BCUT2D eigenvalue weighted by atomic mass is 10.1. The van der Waals surface area contributed by atoms with Crippen LogP contribution in [0.4, 0.5) is 0 Å². The number of aromatic nitrogens is 1. The van der Waals surface area contributed by atoms with Crippen molar-refractivity contribution in [2.45, 2.75) is 0 Å². The van der Waals surface area contributed by atoms with E-state index in [1.807, 2.05) is 6.07 Å². The number of phenolic OH excluding ortho intramolecular Hbond substituents is 1. The molecule has 0 atom stereocenters. The Bertz CT molecular complexity index is 748. The maximum Gasteiger partial charge on any atom is 0.229 e. The van der Waals surface area contributed by atoms with E-state index in [0.717, 1.165) is 10.9 Å². The Morgan fingerprint density at radius 3 is 2.76 bits per heavy atom. The number of hydrogen-bond acceptors (Lipinski definition) is 2. The highest BCUT2D eigenvalue weighted by atomic mass is 35.5. The fourth-order valence-corrected chi connectivity index (χ4v) is 2.08. The maximum atomic E-state index is 11.7. The number of H-pyrrole nitrogens is 1. The van der Waals surface area contributed by atoms with Crippen LogP contribution in [0.5, 0.6) is 5.75 Å². The minimum atomic E-state index is -0.365. The minimum absolute atomic E-state index is 0.237. The summed E-state index contributed by atoms with van der Waals surface area (Å²) in [7, 11) is 0. The Morgan fingerprint density at radius 2 is 1.94 bits per heavy atom. The van der Waals surface area contributed by atoms with Gasteiger partial charge in [-0.05, 0) is 35.7 Å². The summed E-state index contributed by atoms with van der Waals surface area (Å²) in [5, 5.41) is 10.9. The zero-order valence-electron chi connectivity index (χ0n) is 8.70. The molecule has 0 radical (unpaired) electrons. The molecule has 0 unspecified atom stereocenters. The Labute approximate surface area is 102 Å². The molecule has 1 aliphatic heterocycles. The van der Waals surface area contributed by atoms with E-state index in [2.05, 4.69) is 4.98 Å². The normalized spacial score (nSPS) is 11.1. The number of halogens is 1. The van der Waals surface area contributed by atoms with Crippen molar-refractivity contribution in [1.29, 1.82) is 0 Å². The number of nitrogens with one attached hydrogen (secondary N) is 1. The molecular weight excluding hydrogens is 238 g/mol. The first kappa shape index (κ1) is 10.2. The minimum Gasteiger partial charge on any atom is -0.504 e. The van der Waals surface area contributed by atoms with Crippen LogP contribution in [-0.4, -0.2) is 10.1 Å². The summed E-state index contributed by atoms with van der Waals surface area (Å²) >= 11 is 5.90. The van der Waals surface area contributed by atoms with Crippen LogP contribution in [0.3, 0.4) is 0 Å². The maximum absolute atomic E-state index is 11.7. The summed E-state index contributed by atoms with van der Waals surface area (Å²) in [5.41, 5.74) is 1.65. The van der Waals surface area contributed by atoms with Gasteiger partial charge < -0.3 is 10.1 Å². The molecule has 1 aromatic rings. The van der Waals surface area contributed by atoms with Crippen molar-refractivity contribution in [2.24, 2.45) is 0 Å². The van der Waals surface area contributed by atoms with E-state index < -0.39 is 0 Å². The molecule has 17 heavy (non-hydrogen) atoms. The molecule has 0 bridgehead atoms. The van der Waals surface area contributed by atoms with Crippen molar-refractivity contribution in [3.05, 3.63) is 51.6 Å². The van der Waals surface area contributed by atoms with Gasteiger partial charge in [0.25, 0.3) is 0 Å². The van der Waals surface area contributed by atoms with Crippen molar-refractivity contribution >= 4 is 22.5 Å². The van der Waals surface area contributed by atoms with Crippen LogP contribution < -0.4 is 5.43 Å². The second-order valence-electron chi connectivity index (χ2n) is 3.88. The smallest absolute Gasteiger partial charge is 0.229 e. The predicted molar refractivity (Wildman–Crippen MR) is 67.9 cm³/mol. The number of rotatable bonds is 0. The molecule has 1 aromatic carbocycles. The third kappa shape index (κ3) is 1.56. The lowest BCUT2D eigenvalue weighted by Gasteiger charge is -2.08. The summed E-state index contributed by atoms with van der Waals surface area (Å²) in [5.74, 6) is -0.237. The SMILES string of the molecule is O=c1c(O)ccc2[nH]c3cc(Cl)ccc3cc1-2. The van der Waals surface area contributed by atoms with Gasteiger partial charge >= 0.3 is 0 Å². The van der Waals surface area contributed by atoms with Crippen LogP contribution in [0.1, 0.15) is 0 Å². The van der Waals surface area contributed by atoms with Gasteiger partial charge in [-0.3, -0.25) is 4.79 Å². The lowest BCUT2D eigenvalue weighted by Crippen LogP contribution is -2.06. The highest BCUT2D eigenvalue weighted by Gasteiger charge is 2.11. The number of hydrogen-bond donors (Lipinski definition) is 2. The summed E-state index contributed by atoms with van der Waals surface area (Å²) < 4.78 is 0. The Kier molecular flexibility index (Phi) is 2.09. The zero-order chi connectivity index (χ0) is 12.0. The lowest BCUT2D eigenvalue weighted by molar-refractivity contribution is 0.470. The van der Waals surface area contributed by atoms with Crippen LogP contribution >= 0.6 is 11.6 Å². The molecule has 3 rings (SSSR count). The molecule has 0 spiro atoms. The highest BCUT2D eigenvalue weighted by Crippen LogP contribution is 2.25. The second kappa shape index (κ2) is 3.50. The number of phenols is 1. The fraction of sp³-hybridized carbons (Fsp3) is 0. The van der Waals surface area contributed by atoms with Gasteiger partial charge in [0, 0.05) is 16.1 Å². The van der Waals surface area contributed by atoms with E-state index in [9.17, 15) is 9.90 Å². The van der Waals surface area contributed by atoms with Gasteiger partial charge in [-0.25, -0.2) is 0 Å². The molecule has 84 valence electrons. The number of benzene rings is 2. The van der Waals surface area contributed by atoms with Gasteiger partial charge in [-0.1, -0.05) is 17.7 Å². The molecule has 0 amide bonds. The molecule has 2 N–H and O–H groups in total. The number of aromatic hydroxyl groups is 1. The van der Waals surface area contributed by atoms with Gasteiger partial charge in [0.15, 0.2) is 5.75 Å². The van der Waals surface area contributed by atoms with Crippen LogP contribution in [0.15, 0.2) is 41.2 Å². The van der Waals surface area contributed by atoms with E-state index in [1.165, 1.54) is 6.07 Å². The molecule has 2 aliphatic rings. The van der Waals surface area contributed by atoms with Crippen molar-refractivity contribution < 1.29 is 5.11 Å². The third-order valence-electron chi connectivity index (χ3n) is 2.76. The average molecular weight is 246 g/mol. The number of fused-ring (bicyclic) bond motifs is 2. The predicted octanol–water partition coefficient (Wildman–Crippen LogP) is 2.99. The standard InChI is InChI=1S/C13H8ClNO2/c14-8-2-1-7-5-9-10(15-11(7)6-8)3-4-12(16)13(9)17/h1-6,15-16H. The molecule has 1 aliphatic carbocycles. The summed E-state index contributed by atoms with van der Waals surface area (Å²) in [6.07, 6.45) is 0. The largest absolute Gasteiger partial charge is 0.504 e. The van der Waals surface area contributed by atoms with Crippen molar-refractivity contribution in [2.75, 3.05) is 0 Å². The molecule has 0 saturated heterocycles. The van der Waals surface area contributed by atoms with Crippen molar-refractivity contribution in [3.8, 4) is 17.0 Å². The van der Waals surface area contributed by atoms with E-state index >= 15 is 0 Å². The molecule has 1 heterocycles. The van der Waals surface area contributed by atoms with Gasteiger partial charge in [0.2, 0.25) is 5.43 Å². The van der Waals surface area contributed by atoms with Crippen LogP contribution in [-0.2, 0) is 0 Å². The Balaban J connectivity index is 2.49. The van der Waals surface area contributed by atoms with Gasteiger partial charge in [0.05, 0.1) is 5.69 Å². The van der Waals surface area contributed by atoms with Crippen LogP contribution in [0.25, 0.3) is 22.2 Å². The number of aromatic amines is 1. The van der Waals surface area contributed by atoms with E-state index in [1.54, 1.807) is 24.3 Å². The van der Waals surface area contributed by atoms with Crippen molar-refractivity contribution in [1.82, 2.24) is 4.98 Å². The first-order valence-corrected chi connectivity index (χ1v) is 5.47. The van der Waals surface area contributed by atoms with Gasteiger partial charge in [-0.2, -0.15) is 0 Å². The molecule has 3 nitrogen and oxygen atoms in total. The van der Waals surface area contributed by atoms with E-state index in [0.29, 0.717) is 16.3 Å². The monoisotopic (exact) mass is 245 g/mol. The highest BCUT2D eigenvalue weighted by molar-refractivity contribution is 6.31. The Hall–Kier alpha value is -2.00. The third-order valence-corrected chi connectivity index (χ3v) is 2.99. The van der Waals surface area contributed by atoms with Crippen molar-refractivity contribution in [3.63, 3.8) is 0 Å². The van der Waals surface area contributed by atoms with Gasteiger partial charge in [0.1, 0.15) is 0 Å². The molecule has 0 fully saturated rings. The second-order valence-corrected chi connectivity index (χ2v) is 4.31. The molecular formula is C13H8ClNO2. The van der Waals surface area contributed by atoms with Crippen LogP contribution in [0.2, 0.25) is 5.02 Å². The summed E-state index contributed by atoms with van der Waals surface area (Å²) in [6.45, 7) is 0.